The fourth-order valence-corrected chi connectivity index (χ4v) is 0.870. The molecule has 0 radical (unpaired) electrons. The Hall–Kier alpha value is -0.510. The highest BCUT2D eigenvalue weighted by atomic mass is 32.2. The van der Waals surface area contributed by atoms with E-state index in [1.165, 1.54) is 4.09 Å². The molecule has 1 rings (SSSR count). The van der Waals surface area contributed by atoms with E-state index in [0.717, 1.165) is 11.3 Å². The maximum absolute atomic E-state index is 11.8. The van der Waals surface area contributed by atoms with Crippen LogP contribution >= 0.6 is 12.3 Å². The number of nitrogens with zero attached hydrogens (tertiary/aromatic N) is 2. The van der Waals surface area contributed by atoms with E-state index in [0.29, 0.717) is 0 Å². The van der Waals surface area contributed by atoms with Crippen LogP contribution in [0.5, 0.6) is 0 Å². The van der Waals surface area contributed by atoms with Crippen molar-refractivity contribution in [1.29, 1.82) is 0 Å². The standard InChI is InChI=1S/C5H7FN2S.C2H6/c1-4-3-7-8(9-6)5(4)2;1-2/h3H,1-2H3;1-2H3. The van der Waals surface area contributed by atoms with E-state index >= 15 is 0 Å². The average molecular weight is 176 g/mol. The zero-order valence-corrected chi connectivity index (χ0v) is 8.07. The largest absolute Gasteiger partial charge is 0.187 e. The minimum Gasteiger partial charge on any atom is -0.181 e. The molecule has 4 heteroatoms. The normalized spacial score (nSPS) is 8.82. The second-order valence-electron chi connectivity index (χ2n) is 1.85. The number of hydrogen-bond donors (Lipinski definition) is 0. The second kappa shape index (κ2) is 5.18. The van der Waals surface area contributed by atoms with Crippen LogP contribution in [0, 0.1) is 13.8 Å². The van der Waals surface area contributed by atoms with Crippen molar-refractivity contribution in [2.45, 2.75) is 27.7 Å². The lowest BCUT2D eigenvalue weighted by Crippen LogP contribution is -1.87. The molecule has 1 heterocycles. The molecule has 1 aromatic heterocycles. The number of halogens is 1. The van der Waals surface area contributed by atoms with E-state index in [4.69, 9.17) is 0 Å². The van der Waals surface area contributed by atoms with Gasteiger partial charge in [-0.15, -0.1) is 3.89 Å². The summed E-state index contributed by atoms with van der Waals surface area (Å²) < 4.78 is 13.1. The summed E-state index contributed by atoms with van der Waals surface area (Å²) in [5.41, 5.74) is 1.88. The van der Waals surface area contributed by atoms with Crippen LogP contribution in [0.15, 0.2) is 6.20 Å². The van der Waals surface area contributed by atoms with Gasteiger partial charge < -0.3 is 0 Å². The van der Waals surface area contributed by atoms with Gasteiger partial charge in [0, 0.05) is 0 Å². The Labute approximate surface area is 71.2 Å². The molecular weight excluding hydrogens is 163 g/mol. The predicted octanol–water partition coefficient (Wildman–Crippen LogP) is 2.91. The van der Waals surface area contributed by atoms with Crippen molar-refractivity contribution in [1.82, 2.24) is 9.19 Å². The summed E-state index contributed by atoms with van der Waals surface area (Å²) in [6.45, 7) is 7.73. The first kappa shape index (κ1) is 10.5. The third kappa shape index (κ3) is 2.54. The number of aromatic nitrogens is 2. The van der Waals surface area contributed by atoms with Gasteiger partial charge >= 0.3 is 0 Å². The van der Waals surface area contributed by atoms with Crippen molar-refractivity contribution in [3.05, 3.63) is 17.5 Å². The molecule has 0 aliphatic heterocycles. The molecule has 0 aliphatic rings. The summed E-state index contributed by atoms with van der Waals surface area (Å²) in [4.78, 5) is 0. The summed E-state index contributed by atoms with van der Waals surface area (Å²) in [5.74, 6) is 0. The van der Waals surface area contributed by atoms with Gasteiger partial charge in [-0.1, -0.05) is 13.8 Å². The minimum atomic E-state index is 0.122. The molecule has 0 aliphatic carbocycles. The number of aryl methyl sites for hydroxylation is 1. The van der Waals surface area contributed by atoms with Crippen molar-refractivity contribution < 1.29 is 3.89 Å². The van der Waals surface area contributed by atoms with Crippen LogP contribution in [-0.4, -0.2) is 9.19 Å². The van der Waals surface area contributed by atoms with Crippen LogP contribution in [0.2, 0.25) is 0 Å². The molecule has 0 saturated heterocycles. The molecule has 64 valence electrons. The van der Waals surface area contributed by atoms with Crippen molar-refractivity contribution in [2.24, 2.45) is 0 Å². The predicted molar refractivity (Wildman–Crippen MR) is 47.1 cm³/mol. The van der Waals surface area contributed by atoms with Crippen LogP contribution in [0.3, 0.4) is 0 Å². The number of hydrogen-bond acceptors (Lipinski definition) is 2. The van der Waals surface area contributed by atoms with Gasteiger partial charge in [0.25, 0.3) is 0 Å². The Morgan fingerprint density at radius 3 is 2.18 bits per heavy atom. The molecule has 0 aromatic carbocycles. The topological polar surface area (TPSA) is 17.8 Å². The number of rotatable bonds is 1. The highest BCUT2D eigenvalue weighted by molar-refractivity contribution is 7.92. The van der Waals surface area contributed by atoms with Crippen molar-refractivity contribution in [3.63, 3.8) is 0 Å². The third-order valence-corrected chi connectivity index (χ3v) is 1.78. The molecule has 0 amide bonds. The van der Waals surface area contributed by atoms with E-state index in [2.05, 4.69) is 5.10 Å². The highest BCUT2D eigenvalue weighted by Gasteiger charge is 2.00. The molecule has 11 heavy (non-hydrogen) atoms. The van der Waals surface area contributed by atoms with Crippen LogP contribution in [0.1, 0.15) is 25.1 Å². The van der Waals surface area contributed by atoms with Crippen molar-refractivity contribution in [2.75, 3.05) is 0 Å². The molecule has 0 bridgehead atoms. The molecule has 0 unspecified atom stereocenters. The van der Waals surface area contributed by atoms with E-state index in [1.807, 2.05) is 27.7 Å². The Bertz CT molecular complexity index is 210. The van der Waals surface area contributed by atoms with Crippen LogP contribution < -0.4 is 0 Å². The Balaban J connectivity index is 0.000000461. The van der Waals surface area contributed by atoms with Gasteiger partial charge in [-0.05, 0) is 19.4 Å². The smallest absolute Gasteiger partial charge is 0.181 e. The monoisotopic (exact) mass is 176 g/mol. The van der Waals surface area contributed by atoms with E-state index in [1.54, 1.807) is 6.20 Å². The van der Waals surface area contributed by atoms with Gasteiger partial charge in [0.15, 0.2) is 12.3 Å². The first-order valence-corrected chi connectivity index (χ1v) is 4.23. The molecule has 0 saturated carbocycles. The zero-order chi connectivity index (χ0) is 8.85. The average Bonchev–Trinajstić information content (AvgIpc) is 2.37. The van der Waals surface area contributed by atoms with Crippen LogP contribution in [-0.2, 0) is 0 Å². The highest BCUT2D eigenvalue weighted by Crippen LogP contribution is 2.12. The molecule has 0 fully saturated rings. The van der Waals surface area contributed by atoms with Crippen molar-refractivity contribution in [3.8, 4) is 0 Å². The minimum absolute atomic E-state index is 0.122. The maximum atomic E-state index is 11.8. The lowest BCUT2D eigenvalue weighted by molar-refractivity contribution is 0.863. The summed E-state index contributed by atoms with van der Waals surface area (Å²) in [6.07, 6.45) is 1.64. The molecule has 2 nitrogen and oxygen atoms in total. The zero-order valence-electron chi connectivity index (χ0n) is 7.26. The second-order valence-corrected chi connectivity index (χ2v) is 2.34. The summed E-state index contributed by atoms with van der Waals surface area (Å²) in [6, 6.07) is 0. The molecule has 0 spiro atoms. The summed E-state index contributed by atoms with van der Waals surface area (Å²) in [7, 11) is 0. The Morgan fingerprint density at radius 2 is 2.00 bits per heavy atom. The third-order valence-electron chi connectivity index (χ3n) is 1.28. The van der Waals surface area contributed by atoms with Crippen LogP contribution in [0.25, 0.3) is 0 Å². The first-order valence-electron chi connectivity index (χ1n) is 3.56. The lowest BCUT2D eigenvalue weighted by atomic mass is 10.3. The van der Waals surface area contributed by atoms with E-state index in [9.17, 15) is 3.89 Å². The van der Waals surface area contributed by atoms with Gasteiger partial charge in [-0.3, -0.25) is 0 Å². The Kier molecular flexibility index (Phi) is 4.94. The fourth-order valence-electron chi connectivity index (χ4n) is 0.539. The van der Waals surface area contributed by atoms with E-state index in [-0.39, 0.29) is 12.3 Å². The molecular formula is C7H13FN2S. The van der Waals surface area contributed by atoms with Gasteiger partial charge in [-0.25, -0.2) is 0 Å². The molecule has 1 aromatic rings. The van der Waals surface area contributed by atoms with Gasteiger partial charge in [0.1, 0.15) is 0 Å². The summed E-state index contributed by atoms with van der Waals surface area (Å²) in [5, 5.41) is 3.74. The van der Waals surface area contributed by atoms with Gasteiger partial charge in [-0.2, -0.15) is 9.19 Å². The quantitative estimate of drug-likeness (QED) is 0.654. The summed E-state index contributed by atoms with van der Waals surface area (Å²) >= 11 is 0.122. The molecule has 0 atom stereocenters. The molecule has 0 N–H and O–H groups in total. The SMILES string of the molecule is CC.Cc1cnn(SF)c1C. The van der Waals surface area contributed by atoms with Gasteiger partial charge in [0.05, 0.1) is 11.9 Å². The van der Waals surface area contributed by atoms with Crippen LogP contribution in [0.4, 0.5) is 3.89 Å². The fraction of sp³-hybridized carbons (Fsp3) is 0.571. The lowest BCUT2D eigenvalue weighted by Gasteiger charge is -1.91. The van der Waals surface area contributed by atoms with Crippen molar-refractivity contribution >= 4 is 12.3 Å². The van der Waals surface area contributed by atoms with E-state index < -0.39 is 0 Å². The Morgan fingerprint density at radius 1 is 1.45 bits per heavy atom. The van der Waals surface area contributed by atoms with Gasteiger partial charge in [0.2, 0.25) is 0 Å². The maximum Gasteiger partial charge on any atom is 0.187 e. The first-order chi connectivity index (χ1) is 5.25.